The second kappa shape index (κ2) is 6.80. The number of thioether (sulfide) groups is 1. The molecule has 8 nitrogen and oxygen atoms in total. The van der Waals surface area contributed by atoms with Crippen molar-refractivity contribution < 1.29 is 4.39 Å². The molecule has 0 saturated heterocycles. The summed E-state index contributed by atoms with van der Waals surface area (Å²) in [5.41, 5.74) is 1.27. The summed E-state index contributed by atoms with van der Waals surface area (Å²) in [6.45, 7) is 1.82. The van der Waals surface area contributed by atoms with E-state index < -0.39 is 0 Å². The van der Waals surface area contributed by atoms with Crippen molar-refractivity contribution in [2.24, 2.45) is 0 Å². The molecule has 1 aromatic carbocycles. The summed E-state index contributed by atoms with van der Waals surface area (Å²) in [5, 5.41) is 8.75. The van der Waals surface area contributed by atoms with Crippen LogP contribution >= 0.6 is 11.8 Å². The van der Waals surface area contributed by atoms with Crippen molar-refractivity contribution in [3.63, 3.8) is 0 Å². The normalized spacial score (nSPS) is 11.2. The Morgan fingerprint density at radius 3 is 2.85 bits per heavy atom. The molecule has 0 saturated carbocycles. The number of halogens is 1. The molecule has 4 aromatic rings. The van der Waals surface area contributed by atoms with E-state index in [0.29, 0.717) is 10.9 Å². The minimum atomic E-state index is -0.374. The van der Waals surface area contributed by atoms with Crippen LogP contribution in [0.15, 0.2) is 57.6 Å². The number of aryl methyl sites for hydroxylation is 1. The lowest BCUT2D eigenvalue weighted by molar-refractivity contribution is 0.626. The summed E-state index contributed by atoms with van der Waals surface area (Å²) >= 11 is 1.29. The summed E-state index contributed by atoms with van der Waals surface area (Å²) in [6, 6.07) is 6.10. The maximum Gasteiger partial charge on any atom is 0.286 e. The number of fused-ring (bicyclic) bond motifs is 1. The molecule has 0 atom stereocenters. The van der Waals surface area contributed by atoms with Gasteiger partial charge >= 0.3 is 0 Å². The molecule has 0 radical (unpaired) electrons. The van der Waals surface area contributed by atoms with Crippen molar-refractivity contribution in [3.8, 4) is 5.82 Å². The average Bonchev–Trinajstić information content (AvgIpc) is 3.11. The van der Waals surface area contributed by atoms with Crippen molar-refractivity contribution >= 4 is 17.3 Å². The smallest absolute Gasteiger partial charge is 0.286 e. The maximum absolute atomic E-state index is 13.3. The topological polar surface area (TPSA) is 97.9 Å². The first kappa shape index (κ1) is 17.2. The fourth-order valence-corrected chi connectivity index (χ4v) is 3.63. The van der Waals surface area contributed by atoms with Gasteiger partial charge in [-0.3, -0.25) is 9.59 Å². The SMILES string of the molecule is Cc1cc(F)ccc1CSc1nn2nccc2c(=O)n1-c1c[nH]c(=O)cn1. The fourth-order valence-electron chi connectivity index (χ4n) is 2.58. The molecule has 1 N–H and O–H groups in total. The van der Waals surface area contributed by atoms with Crippen LogP contribution in [0.3, 0.4) is 0 Å². The highest BCUT2D eigenvalue weighted by atomic mass is 32.2. The van der Waals surface area contributed by atoms with Gasteiger partial charge in [0.05, 0.1) is 12.4 Å². The number of nitrogens with one attached hydrogen (secondary N) is 1. The number of nitrogens with zero attached hydrogens (tertiary/aromatic N) is 5. The van der Waals surface area contributed by atoms with Gasteiger partial charge in [-0.2, -0.15) is 5.10 Å². The Kier molecular flexibility index (Phi) is 4.32. The van der Waals surface area contributed by atoms with Crippen molar-refractivity contribution in [1.82, 2.24) is 29.4 Å². The number of H-pyrrole nitrogens is 1. The molecule has 0 fully saturated rings. The van der Waals surface area contributed by atoms with Gasteiger partial charge in [-0.1, -0.05) is 17.8 Å². The largest absolute Gasteiger partial charge is 0.324 e. The summed E-state index contributed by atoms with van der Waals surface area (Å²) in [4.78, 5) is 30.7. The molecule has 0 unspecified atom stereocenters. The first-order chi connectivity index (χ1) is 13.0. The second-order valence-electron chi connectivity index (χ2n) is 5.76. The number of hydrogen-bond acceptors (Lipinski definition) is 6. The fraction of sp³-hybridized carbons (Fsp3) is 0.118. The third-order valence-corrected chi connectivity index (χ3v) is 4.94. The van der Waals surface area contributed by atoms with Crippen LogP contribution in [-0.2, 0) is 5.75 Å². The predicted octanol–water partition coefficient (Wildman–Crippen LogP) is 1.70. The van der Waals surface area contributed by atoms with Gasteiger partial charge in [0.25, 0.3) is 11.1 Å². The van der Waals surface area contributed by atoms with Crippen LogP contribution in [0.2, 0.25) is 0 Å². The molecule has 0 bridgehead atoms. The maximum atomic E-state index is 13.3. The van der Waals surface area contributed by atoms with E-state index in [9.17, 15) is 14.0 Å². The summed E-state index contributed by atoms with van der Waals surface area (Å²) in [6.07, 6.45) is 3.93. The zero-order valence-corrected chi connectivity index (χ0v) is 14.9. The van der Waals surface area contributed by atoms with Crippen LogP contribution in [0.4, 0.5) is 4.39 Å². The highest BCUT2D eigenvalue weighted by Crippen LogP contribution is 2.24. The molecular weight excluding hydrogens is 371 g/mol. The Balaban J connectivity index is 1.81. The first-order valence-corrected chi connectivity index (χ1v) is 8.91. The van der Waals surface area contributed by atoms with Gasteiger partial charge in [-0.25, -0.2) is 13.9 Å². The van der Waals surface area contributed by atoms with Crippen molar-refractivity contribution in [1.29, 1.82) is 0 Å². The number of rotatable bonds is 4. The minimum Gasteiger partial charge on any atom is -0.324 e. The summed E-state index contributed by atoms with van der Waals surface area (Å²) in [5.74, 6) is 0.412. The standard InChI is InChI=1S/C17H13FN6O2S/c1-10-6-12(18)3-2-11(10)9-27-17-22-24-13(4-5-21-24)16(26)23(17)14-7-20-15(25)8-19-14/h2-8H,9H2,1H3,(H,20,25). The van der Waals surface area contributed by atoms with Gasteiger partial charge in [-0.15, -0.1) is 9.73 Å². The summed E-state index contributed by atoms with van der Waals surface area (Å²) < 4.78 is 15.9. The van der Waals surface area contributed by atoms with Crippen molar-refractivity contribution in [2.45, 2.75) is 17.8 Å². The number of hydrogen-bond donors (Lipinski definition) is 1. The molecule has 0 amide bonds. The monoisotopic (exact) mass is 384 g/mol. The van der Waals surface area contributed by atoms with Crippen LogP contribution in [0.25, 0.3) is 11.3 Å². The lowest BCUT2D eigenvalue weighted by Gasteiger charge is -2.11. The van der Waals surface area contributed by atoms with E-state index in [0.717, 1.165) is 17.3 Å². The third kappa shape index (κ3) is 3.26. The van der Waals surface area contributed by atoms with E-state index in [1.54, 1.807) is 12.1 Å². The van der Waals surface area contributed by atoms with E-state index in [-0.39, 0.29) is 28.3 Å². The molecule has 4 rings (SSSR count). The molecule has 3 aromatic heterocycles. The van der Waals surface area contributed by atoms with E-state index in [2.05, 4.69) is 20.2 Å². The Morgan fingerprint density at radius 1 is 1.26 bits per heavy atom. The Bertz CT molecular complexity index is 1240. The van der Waals surface area contributed by atoms with Crippen LogP contribution in [0.5, 0.6) is 0 Å². The van der Waals surface area contributed by atoms with E-state index in [4.69, 9.17) is 0 Å². The molecular formula is C17H13FN6O2S. The first-order valence-electron chi connectivity index (χ1n) is 7.93. The van der Waals surface area contributed by atoms with Crippen LogP contribution < -0.4 is 11.1 Å². The molecule has 10 heteroatoms. The van der Waals surface area contributed by atoms with E-state index >= 15 is 0 Å². The minimum absolute atomic E-state index is 0.245. The van der Waals surface area contributed by atoms with Crippen LogP contribution in [0, 0.1) is 12.7 Å². The number of aromatic nitrogens is 6. The van der Waals surface area contributed by atoms with E-state index in [1.165, 1.54) is 45.5 Å². The highest BCUT2D eigenvalue weighted by Gasteiger charge is 2.16. The molecule has 3 heterocycles. The van der Waals surface area contributed by atoms with Gasteiger partial charge < -0.3 is 4.98 Å². The Morgan fingerprint density at radius 2 is 2.11 bits per heavy atom. The van der Waals surface area contributed by atoms with Gasteiger partial charge in [0.1, 0.15) is 5.82 Å². The molecule has 0 aliphatic heterocycles. The van der Waals surface area contributed by atoms with Crippen LogP contribution in [0.1, 0.15) is 11.1 Å². The second-order valence-corrected chi connectivity index (χ2v) is 6.70. The summed E-state index contributed by atoms with van der Waals surface area (Å²) in [7, 11) is 0. The van der Waals surface area contributed by atoms with Gasteiger partial charge in [-0.05, 0) is 36.2 Å². The van der Waals surface area contributed by atoms with Crippen molar-refractivity contribution in [2.75, 3.05) is 0 Å². The van der Waals surface area contributed by atoms with Crippen molar-refractivity contribution in [3.05, 3.63) is 80.5 Å². The zero-order chi connectivity index (χ0) is 19.0. The lowest BCUT2D eigenvalue weighted by Crippen LogP contribution is -2.26. The zero-order valence-electron chi connectivity index (χ0n) is 14.1. The predicted molar refractivity (Wildman–Crippen MR) is 97.7 cm³/mol. The Hall–Kier alpha value is -3.27. The van der Waals surface area contributed by atoms with E-state index in [1.807, 2.05) is 6.92 Å². The average molecular weight is 384 g/mol. The molecule has 0 aliphatic carbocycles. The van der Waals surface area contributed by atoms with Gasteiger partial charge in [0, 0.05) is 11.9 Å². The van der Waals surface area contributed by atoms with Crippen LogP contribution in [-0.4, -0.2) is 29.4 Å². The lowest BCUT2D eigenvalue weighted by atomic mass is 10.1. The molecule has 0 spiro atoms. The van der Waals surface area contributed by atoms with Gasteiger partial charge in [0.2, 0.25) is 0 Å². The molecule has 0 aliphatic rings. The highest BCUT2D eigenvalue weighted by molar-refractivity contribution is 7.98. The third-order valence-electron chi connectivity index (χ3n) is 3.97. The molecule has 27 heavy (non-hydrogen) atoms. The van der Waals surface area contributed by atoms with Gasteiger partial charge in [0.15, 0.2) is 16.5 Å². The molecule has 136 valence electrons. The quantitative estimate of drug-likeness (QED) is 0.538. The Labute approximate surface area is 155 Å². The number of aromatic amines is 1. The number of benzene rings is 1.